The summed E-state index contributed by atoms with van der Waals surface area (Å²) < 4.78 is 2.39. The third-order valence-corrected chi connectivity index (χ3v) is 5.08. The molecular formula is C18H21Br2N. The number of hydrogen-bond acceptors (Lipinski definition) is 1. The van der Waals surface area contributed by atoms with Crippen LogP contribution in [0.15, 0.2) is 57.5 Å². The highest BCUT2D eigenvalue weighted by atomic mass is 79.9. The topological polar surface area (TPSA) is 3.24 Å². The molecule has 0 unspecified atom stereocenters. The summed E-state index contributed by atoms with van der Waals surface area (Å²) in [6.45, 7) is 5.32. The van der Waals surface area contributed by atoms with Crippen molar-refractivity contribution in [3.8, 4) is 0 Å². The SMILES string of the molecule is CCCCN(Cc1ccccc1Br)Cc1ccccc1Br. The normalized spacial score (nSPS) is 11.0. The van der Waals surface area contributed by atoms with Crippen molar-refractivity contribution in [1.29, 1.82) is 0 Å². The molecule has 0 N–H and O–H groups in total. The summed E-state index contributed by atoms with van der Waals surface area (Å²) in [5.74, 6) is 0. The number of benzene rings is 2. The molecule has 112 valence electrons. The summed E-state index contributed by atoms with van der Waals surface area (Å²) in [6.07, 6.45) is 2.46. The van der Waals surface area contributed by atoms with Crippen molar-refractivity contribution < 1.29 is 0 Å². The lowest BCUT2D eigenvalue weighted by Gasteiger charge is -2.23. The van der Waals surface area contributed by atoms with Crippen LogP contribution in [-0.4, -0.2) is 11.4 Å². The Labute approximate surface area is 144 Å². The molecule has 0 atom stereocenters. The van der Waals surface area contributed by atoms with Gasteiger partial charge in [-0.15, -0.1) is 0 Å². The van der Waals surface area contributed by atoms with Gasteiger partial charge >= 0.3 is 0 Å². The van der Waals surface area contributed by atoms with Gasteiger partial charge in [0.15, 0.2) is 0 Å². The van der Waals surface area contributed by atoms with E-state index in [1.807, 2.05) is 0 Å². The molecule has 2 aromatic carbocycles. The van der Waals surface area contributed by atoms with Crippen LogP contribution >= 0.6 is 31.9 Å². The lowest BCUT2D eigenvalue weighted by atomic mass is 10.1. The molecule has 0 saturated heterocycles. The Morgan fingerprint density at radius 1 is 0.810 bits per heavy atom. The van der Waals surface area contributed by atoms with Gasteiger partial charge in [-0.2, -0.15) is 0 Å². The van der Waals surface area contributed by atoms with Gasteiger partial charge in [-0.05, 0) is 36.2 Å². The van der Waals surface area contributed by atoms with Crippen LogP contribution in [0.5, 0.6) is 0 Å². The molecule has 0 saturated carbocycles. The molecule has 2 rings (SSSR count). The fraction of sp³-hybridized carbons (Fsp3) is 0.333. The molecule has 0 aliphatic rings. The van der Waals surface area contributed by atoms with E-state index in [0.717, 1.165) is 19.6 Å². The molecule has 0 heterocycles. The zero-order chi connectivity index (χ0) is 15.1. The Morgan fingerprint density at radius 3 is 1.71 bits per heavy atom. The third-order valence-electron chi connectivity index (χ3n) is 3.53. The van der Waals surface area contributed by atoms with Crippen molar-refractivity contribution in [3.63, 3.8) is 0 Å². The van der Waals surface area contributed by atoms with Crippen molar-refractivity contribution in [3.05, 3.63) is 68.6 Å². The molecule has 0 radical (unpaired) electrons. The van der Waals surface area contributed by atoms with Gasteiger partial charge in [0.2, 0.25) is 0 Å². The van der Waals surface area contributed by atoms with Crippen LogP contribution in [0.4, 0.5) is 0 Å². The molecule has 0 bridgehead atoms. The third kappa shape index (κ3) is 5.24. The van der Waals surface area contributed by atoms with Crippen molar-refractivity contribution in [2.45, 2.75) is 32.9 Å². The van der Waals surface area contributed by atoms with Gasteiger partial charge in [0.1, 0.15) is 0 Å². The van der Waals surface area contributed by atoms with E-state index >= 15 is 0 Å². The minimum atomic E-state index is 0.975. The minimum absolute atomic E-state index is 0.975. The van der Waals surface area contributed by atoms with Gasteiger partial charge < -0.3 is 0 Å². The maximum atomic E-state index is 3.66. The Hall–Kier alpha value is -0.640. The Morgan fingerprint density at radius 2 is 1.29 bits per heavy atom. The fourth-order valence-corrected chi connectivity index (χ4v) is 3.15. The predicted molar refractivity (Wildman–Crippen MR) is 97.3 cm³/mol. The zero-order valence-corrected chi connectivity index (χ0v) is 15.5. The monoisotopic (exact) mass is 409 g/mol. The van der Waals surface area contributed by atoms with Crippen molar-refractivity contribution in [2.75, 3.05) is 6.54 Å². The van der Waals surface area contributed by atoms with Crippen LogP contribution in [0.3, 0.4) is 0 Å². The van der Waals surface area contributed by atoms with Crippen LogP contribution in [0.25, 0.3) is 0 Å². The van der Waals surface area contributed by atoms with Crippen LogP contribution in [0.1, 0.15) is 30.9 Å². The lowest BCUT2D eigenvalue weighted by Crippen LogP contribution is -2.24. The Kier molecular flexibility index (Phi) is 6.94. The summed E-state index contributed by atoms with van der Waals surface area (Å²) in [5, 5.41) is 0. The molecule has 0 fully saturated rings. The molecule has 1 nitrogen and oxygen atoms in total. The molecule has 0 spiro atoms. The molecule has 0 aromatic heterocycles. The van der Waals surface area contributed by atoms with Crippen LogP contribution in [-0.2, 0) is 13.1 Å². The molecule has 0 aliphatic heterocycles. The van der Waals surface area contributed by atoms with E-state index in [1.54, 1.807) is 0 Å². The van der Waals surface area contributed by atoms with E-state index in [4.69, 9.17) is 0 Å². The second-order valence-electron chi connectivity index (χ2n) is 5.25. The number of nitrogens with zero attached hydrogens (tertiary/aromatic N) is 1. The summed E-state index contributed by atoms with van der Waals surface area (Å²) in [5.41, 5.74) is 2.70. The van der Waals surface area contributed by atoms with Crippen LogP contribution < -0.4 is 0 Å². The fourth-order valence-electron chi connectivity index (χ4n) is 2.33. The second kappa shape index (κ2) is 8.72. The second-order valence-corrected chi connectivity index (χ2v) is 6.96. The van der Waals surface area contributed by atoms with E-state index in [0.29, 0.717) is 0 Å². The molecule has 0 aliphatic carbocycles. The van der Waals surface area contributed by atoms with E-state index in [1.165, 1.54) is 32.9 Å². The minimum Gasteiger partial charge on any atom is -0.295 e. The standard InChI is InChI=1S/C18H21Br2N/c1-2-3-12-21(13-15-8-4-6-10-17(15)19)14-16-9-5-7-11-18(16)20/h4-11H,2-3,12-14H2,1H3. The first-order chi connectivity index (χ1) is 10.2. The first kappa shape index (κ1) is 16.7. The molecular weight excluding hydrogens is 390 g/mol. The van der Waals surface area contributed by atoms with Gasteiger partial charge in [0.25, 0.3) is 0 Å². The first-order valence-corrected chi connectivity index (χ1v) is 8.98. The van der Waals surface area contributed by atoms with E-state index in [9.17, 15) is 0 Å². The highest BCUT2D eigenvalue weighted by Gasteiger charge is 2.10. The largest absolute Gasteiger partial charge is 0.295 e. The predicted octanol–water partition coefficient (Wildman–Crippen LogP) is 6.01. The molecule has 0 amide bonds. The zero-order valence-electron chi connectivity index (χ0n) is 12.4. The van der Waals surface area contributed by atoms with Gasteiger partial charge in [-0.3, -0.25) is 4.90 Å². The maximum absolute atomic E-state index is 3.66. The Bertz CT molecular complexity index is 521. The molecule has 21 heavy (non-hydrogen) atoms. The van der Waals surface area contributed by atoms with Gasteiger partial charge in [0, 0.05) is 22.0 Å². The lowest BCUT2D eigenvalue weighted by molar-refractivity contribution is 0.251. The number of unbranched alkanes of at least 4 members (excludes halogenated alkanes) is 1. The number of hydrogen-bond donors (Lipinski definition) is 0. The highest BCUT2D eigenvalue weighted by molar-refractivity contribution is 9.10. The number of halogens is 2. The smallest absolute Gasteiger partial charge is 0.0248 e. The summed E-state index contributed by atoms with van der Waals surface area (Å²) in [4.78, 5) is 2.52. The highest BCUT2D eigenvalue weighted by Crippen LogP contribution is 2.22. The van der Waals surface area contributed by atoms with Crippen molar-refractivity contribution >= 4 is 31.9 Å². The van der Waals surface area contributed by atoms with E-state index in [-0.39, 0.29) is 0 Å². The van der Waals surface area contributed by atoms with E-state index < -0.39 is 0 Å². The average molecular weight is 411 g/mol. The Balaban J connectivity index is 2.11. The quantitative estimate of drug-likeness (QED) is 0.539. The van der Waals surface area contributed by atoms with Crippen LogP contribution in [0, 0.1) is 0 Å². The van der Waals surface area contributed by atoms with Crippen LogP contribution in [0.2, 0.25) is 0 Å². The molecule has 2 aromatic rings. The van der Waals surface area contributed by atoms with Gasteiger partial charge in [0.05, 0.1) is 0 Å². The first-order valence-electron chi connectivity index (χ1n) is 7.40. The van der Waals surface area contributed by atoms with Gasteiger partial charge in [-0.1, -0.05) is 81.6 Å². The molecule has 3 heteroatoms. The summed E-state index contributed by atoms with van der Waals surface area (Å²) >= 11 is 7.31. The van der Waals surface area contributed by atoms with Gasteiger partial charge in [-0.25, -0.2) is 0 Å². The van der Waals surface area contributed by atoms with E-state index in [2.05, 4.69) is 92.2 Å². The van der Waals surface area contributed by atoms with Crippen molar-refractivity contribution in [1.82, 2.24) is 4.90 Å². The summed E-state index contributed by atoms with van der Waals surface area (Å²) in [7, 11) is 0. The van der Waals surface area contributed by atoms with Crippen molar-refractivity contribution in [2.24, 2.45) is 0 Å². The number of rotatable bonds is 7. The average Bonchev–Trinajstić information content (AvgIpc) is 2.49. The maximum Gasteiger partial charge on any atom is 0.0248 e. The summed E-state index contributed by atoms with van der Waals surface area (Å²) in [6, 6.07) is 17.0.